The molecule has 0 aliphatic rings. The van der Waals surface area contributed by atoms with Crippen molar-refractivity contribution in [1.29, 1.82) is 0 Å². The van der Waals surface area contributed by atoms with E-state index in [0.29, 0.717) is 11.5 Å². The van der Waals surface area contributed by atoms with Gasteiger partial charge in [-0.1, -0.05) is 12.1 Å². The Bertz CT molecular complexity index is 550. The predicted molar refractivity (Wildman–Crippen MR) is 78.2 cm³/mol. The third-order valence-electron chi connectivity index (χ3n) is 2.07. The summed E-state index contributed by atoms with van der Waals surface area (Å²) in [5.74, 6) is -0.236. The van der Waals surface area contributed by atoms with E-state index in [2.05, 4.69) is 38.5 Å². The highest BCUT2D eigenvalue weighted by Crippen LogP contribution is 2.37. The van der Waals surface area contributed by atoms with Gasteiger partial charge in [0.05, 0.1) is 11.3 Å². The molecule has 16 heavy (non-hydrogen) atoms. The smallest absolute Gasteiger partial charge is 0.349 e. The van der Waals surface area contributed by atoms with Crippen LogP contribution in [0.5, 0.6) is 0 Å². The standard InChI is InChI=1S/C11H8BrIO2S/c1-2-15-11(14)10-8(13)6-4-3-5-7(12)9(6)16-10/h3-5H,2H2,1H3. The number of thiophene rings is 1. The number of fused-ring (bicyclic) bond motifs is 1. The molecule has 5 heteroatoms. The number of esters is 1. The predicted octanol–water partition coefficient (Wildman–Crippen LogP) is 4.45. The van der Waals surface area contributed by atoms with Crippen LogP contribution in [0.25, 0.3) is 10.1 Å². The third kappa shape index (κ3) is 2.12. The van der Waals surface area contributed by atoms with Crippen LogP contribution in [-0.2, 0) is 4.74 Å². The second-order valence-electron chi connectivity index (χ2n) is 3.08. The number of carbonyl (C=O) groups is 1. The van der Waals surface area contributed by atoms with Crippen LogP contribution in [0.1, 0.15) is 16.6 Å². The molecule has 2 rings (SSSR count). The number of halogens is 2. The monoisotopic (exact) mass is 410 g/mol. The molecule has 0 amide bonds. The largest absolute Gasteiger partial charge is 0.462 e. The van der Waals surface area contributed by atoms with Gasteiger partial charge in [0.2, 0.25) is 0 Å². The summed E-state index contributed by atoms with van der Waals surface area (Å²) in [4.78, 5) is 12.4. The second kappa shape index (κ2) is 5.01. The van der Waals surface area contributed by atoms with Gasteiger partial charge in [-0.05, 0) is 51.5 Å². The van der Waals surface area contributed by atoms with Gasteiger partial charge < -0.3 is 4.74 Å². The molecule has 0 N–H and O–H groups in total. The van der Waals surface area contributed by atoms with E-state index >= 15 is 0 Å². The fraction of sp³-hybridized carbons (Fsp3) is 0.182. The highest BCUT2D eigenvalue weighted by Gasteiger charge is 2.18. The molecule has 84 valence electrons. The minimum absolute atomic E-state index is 0.236. The first-order chi connectivity index (χ1) is 7.65. The summed E-state index contributed by atoms with van der Waals surface area (Å²) in [6, 6.07) is 5.96. The molecule has 0 radical (unpaired) electrons. The molecule has 2 nitrogen and oxygen atoms in total. The Morgan fingerprint density at radius 3 is 2.94 bits per heavy atom. The minimum atomic E-state index is -0.236. The summed E-state index contributed by atoms with van der Waals surface area (Å²) in [6.07, 6.45) is 0. The zero-order valence-corrected chi connectivity index (χ0v) is 13.0. The first kappa shape index (κ1) is 12.3. The van der Waals surface area contributed by atoms with Crippen LogP contribution in [0.3, 0.4) is 0 Å². The van der Waals surface area contributed by atoms with Gasteiger partial charge in [-0.2, -0.15) is 0 Å². The number of hydrogen-bond donors (Lipinski definition) is 0. The maximum atomic E-state index is 11.7. The van der Waals surface area contributed by atoms with Gasteiger partial charge in [0, 0.05) is 13.4 Å². The molecule has 0 aliphatic heterocycles. The quantitative estimate of drug-likeness (QED) is 0.540. The highest BCUT2D eigenvalue weighted by molar-refractivity contribution is 14.1. The molecule has 0 aliphatic carbocycles. The molecule has 0 atom stereocenters. The molecular formula is C11H8BrIO2S. The first-order valence-corrected chi connectivity index (χ1v) is 7.37. The summed E-state index contributed by atoms with van der Waals surface area (Å²) >= 11 is 7.15. The Balaban J connectivity index is 2.60. The van der Waals surface area contributed by atoms with Crippen molar-refractivity contribution in [2.45, 2.75) is 6.92 Å². The van der Waals surface area contributed by atoms with E-state index < -0.39 is 0 Å². The lowest BCUT2D eigenvalue weighted by atomic mass is 10.2. The van der Waals surface area contributed by atoms with Gasteiger partial charge in [0.25, 0.3) is 0 Å². The van der Waals surface area contributed by atoms with Gasteiger partial charge >= 0.3 is 5.97 Å². The van der Waals surface area contributed by atoms with Gasteiger partial charge in [0.1, 0.15) is 4.88 Å². The van der Waals surface area contributed by atoms with Gasteiger partial charge in [0.15, 0.2) is 0 Å². The zero-order chi connectivity index (χ0) is 11.7. The lowest BCUT2D eigenvalue weighted by Crippen LogP contribution is -2.03. The fourth-order valence-electron chi connectivity index (χ4n) is 1.38. The van der Waals surface area contributed by atoms with Crippen molar-refractivity contribution in [3.63, 3.8) is 0 Å². The summed E-state index contributed by atoms with van der Waals surface area (Å²) < 4.78 is 8.11. The van der Waals surface area contributed by atoms with Crippen molar-refractivity contribution >= 4 is 65.9 Å². The minimum Gasteiger partial charge on any atom is -0.462 e. The maximum absolute atomic E-state index is 11.7. The van der Waals surface area contributed by atoms with Crippen LogP contribution >= 0.6 is 49.9 Å². The van der Waals surface area contributed by atoms with Crippen LogP contribution in [0.4, 0.5) is 0 Å². The molecule has 1 heterocycles. The van der Waals surface area contributed by atoms with Crippen LogP contribution in [0, 0.1) is 3.57 Å². The molecule has 0 spiro atoms. The molecule has 0 unspecified atom stereocenters. The Morgan fingerprint density at radius 1 is 1.56 bits per heavy atom. The fourth-order valence-corrected chi connectivity index (χ4v) is 4.17. The van der Waals surface area contributed by atoms with Crippen molar-refractivity contribution in [3.8, 4) is 0 Å². The summed E-state index contributed by atoms with van der Waals surface area (Å²) in [5, 5.41) is 1.10. The lowest BCUT2D eigenvalue weighted by molar-refractivity contribution is 0.0531. The van der Waals surface area contributed by atoms with Crippen LogP contribution in [-0.4, -0.2) is 12.6 Å². The Kier molecular flexibility index (Phi) is 3.86. The molecule has 0 bridgehead atoms. The molecule has 0 saturated heterocycles. The molecule has 2 aromatic rings. The molecule has 0 saturated carbocycles. The average Bonchev–Trinajstić information content (AvgIpc) is 2.59. The number of ether oxygens (including phenoxy) is 1. The van der Waals surface area contributed by atoms with E-state index in [1.165, 1.54) is 11.3 Å². The molecule has 1 aromatic carbocycles. The van der Waals surface area contributed by atoms with Crippen molar-refractivity contribution < 1.29 is 9.53 Å². The topological polar surface area (TPSA) is 26.3 Å². The first-order valence-electron chi connectivity index (χ1n) is 4.68. The van der Waals surface area contributed by atoms with Crippen molar-refractivity contribution in [2.75, 3.05) is 6.61 Å². The average molecular weight is 411 g/mol. The van der Waals surface area contributed by atoms with Gasteiger partial charge in [-0.25, -0.2) is 4.79 Å². The SMILES string of the molecule is CCOC(=O)c1sc2c(Br)cccc2c1I. The molecule has 1 aromatic heterocycles. The van der Waals surface area contributed by atoms with Crippen LogP contribution in [0.15, 0.2) is 22.7 Å². The normalized spacial score (nSPS) is 10.7. The Hall–Kier alpha value is -0.140. The summed E-state index contributed by atoms with van der Waals surface area (Å²) in [5.41, 5.74) is 0. The number of rotatable bonds is 2. The zero-order valence-electron chi connectivity index (χ0n) is 8.42. The van der Waals surface area contributed by atoms with Gasteiger partial charge in [-0.15, -0.1) is 11.3 Å². The third-order valence-corrected chi connectivity index (χ3v) is 5.70. The molecule has 0 fully saturated rings. The van der Waals surface area contributed by atoms with E-state index in [4.69, 9.17) is 4.74 Å². The van der Waals surface area contributed by atoms with E-state index in [9.17, 15) is 4.79 Å². The second-order valence-corrected chi connectivity index (χ2v) is 6.04. The Morgan fingerprint density at radius 2 is 2.31 bits per heavy atom. The van der Waals surface area contributed by atoms with Crippen LogP contribution < -0.4 is 0 Å². The van der Waals surface area contributed by atoms with Crippen molar-refractivity contribution in [3.05, 3.63) is 31.1 Å². The van der Waals surface area contributed by atoms with E-state index in [1.54, 1.807) is 0 Å². The summed E-state index contributed by atoms with van der Waals surface area (Å²) in [6.45, 7) is 2.22. The lowest BCUT2D eigenvalue weighted by Gasteiger charge is -1.98. The number of carbonyl (C=O) groups excluding carboxylic acids is 1. The Labute approximate surface area is 119 Å². The van der Waals surface area contributed by atoms with Crippen molar-refractivity contribution in [2.24, 2.45) is 0 Å². The highest BCUT2D eigenvalue weighted by atomic mass is 127. The maximum Gasteiger partial charge on any atom is 0.349 e. The number of hydrogen-bond acceptors (Lipinski definition) is 3. The van der Waals surface area contributed by atoms with E-state index in [1.807, 2.05) is 25.1 Å². The summed E-state index contributed by atoms with van der Waals surface area (Å²) in [7, 11) is 0. The van der Waals surface area contributed by atoms with E-state index in [0.717, 1.165) is 18.1 Å². The molecular weight excluding hydrogens is 403 g/mol. The van der Waals surface area contributed by atoms with Gasteiger partial charge in [-0.3, -0.25) is 0 Å². The van der Waals surface area contributed by atoms with E-state index in [-0.39, 0.29) is 5.97 Å². The van der Waals surface area contributed by atoms with Crippen molar-refractivity contribution in [1.82, 2.24) is 0 Å². The van der Waals surface area contributed by atoms with Crippen LogP contribution in [0.2, 0.25) is 0 Å². The number of benzene rings is 1.